The monoisotopic (exact) mass is 170 g/mol. The second kappa shape index (κ2) is 4.24. The Balaban J connectivity index is 2.40. The van der Waals surface area contributed by atoms with E-state index in [9.17, 15) is 0 Å². The molecular weight excluding hydrogens is 148 g/mol. The molecule has 0 aromatic heterocycles. The zero-order valence-corrected chi connectivity index (χ0v) is 8.80. The van der Waals surface area contributed by atoms with Crippen molar-refractivity contribution in [3.05, 3.63) is 0 Å². The minimum absolute atomic E-state index is 0.669. The second-order valence-electron chi connectivity index (χ2n) is 4.41. The van der Waals surface area contributed by atoms with Crippen LogP contribution in [0.15, 0.2) is 0 Å². The molecule has 0 aromatic carbocycles. The zero-order valence-electron chi connectivity index (χ0n) is 8.80. The lowest BCUT2D eigenvalue weighted by Gasteiger charge is -2.36. The van der Waals surface area contributed by atoms with Crippen LogP contribution in [0.4, 0.5) is 0 Å². The van der Waals surface area contributed by atoms with Crippen molar-refractivity contribution in [2.45, 2.75) is 39.3 Å². The Morgan fingerprint density at radius 1 is 1.33 bits per heavy atom. The van der Waals surface area contributed by atoms with Crippen LogP contribution in [0.2, 0.25) is 0 Å². The van der Waals surface area contributed by atoms with Gasteiger partial charge < -0.3 is 5.32 Å². The molecule has 1 rings (SSSR count). The fourth-order valence-electron chi connectivity index (χ4n) is 1.86. The third-order valence-electron chi connectivity index (χ3n) is 2.94. The predicted octanol–water partition coefficient (Wildman–Crippen LogP) is 1.32. The number of nitrogens with zero attached hydrogens (tertiary/aromatic N) is 1. The van der Waals surface area contributed by atoms with Gasteiger partial charge in [0.15, 0.2) is 0 Å². The van der Waals surface area contributed by atoms with Crippen LogP contribution in [0.1, 0.15) is 27.2 Å². The Kier molecular flexibility index (Phi) is 3.53. The molecule has 2 heteroatoms. The van der Waals surface area contributed by atoms with E-state index in [4.69, 9.17) is 0 Å². The van der Waals surface area contributed by atoms with Gasteiger partial charge in [-0.05, 0) is 39.8 Å². The van der Waals surface area contributed by atoms with Crippen molar-refractivity contribution in [1.82, 2.24) is 10.2 Å². The average molecular weight is 170 g/mol. The molecule has 2 atom stereocenters. The van der Waals surface area contributed by atoms with Crippen LogP contribution in [-0.4, -0.2) is 37.1 Å². The highest BCUT2D eigenvalue weighted by Crippen LogP contribution is 2.15. The Bertz CT molecular complexity index is 134. The van der Waals surface area contributed by atoms with Gasteiger partial charge in [0.2, 0.25) is 0 Å². The molecule has 1 aliphatic rings. The summed E-state index contributed by atoms with van der Waals surface area (Å²) in [7, 11) is 2.23. The highest BCUT2D eigenvalue weighted by molar-refractivity contribution is 4.81. The highest BCUT2D eigenvalue weighted by Gasteiger charge is 2.22. The second-order valence-corrected chi connectivity index (χ2v) is 4.41. The van der Waals surface area contributed by atoms with Gasteiger partial charge in [-0.1, -0.05) is 6.92 Å². The lowest BCUT2D eigenvalue weighted by molar-refractivity contribution is 0.145. The maximum Gasteiger partial charge on any atom is 0.0223 e. The zero-order chi connectivity index (χ0) is 9.14. The van der Waals surface area contributed by atoms with Crippen molar-refractivity contribution < 1.29 is 0 Å². The predicted molar refractivity (Wildman–Crippen MR) is 53.3 cm³/mol. The fraction of sp³-hybridized carbons (Fsp3) is 1.00. The van der Waals surface area contributed by atoms with Crippen LogP contribution in [-0.2, 0) is 0 Å². The minimum atomic E-state index is 0.669. The SMILES string of the molecule is CC1CNCC(N(C)C(C)C)C1. The summed E-state index contributed by atoms with van der Waals surface area (Å²) in [6, 6.07) is 1.41. The minimum Gasteiger partial charge on any atom is -0.315 e. The highest BCUT2D eigenvalue weighted by atomic mass is 15.2. The number of hydrogen-bond acceptors (Lipinski definition) is 2. The van der Waals surface area contributed by atoms with Gasteiger partial charge >= 0.3 is 0 Å². The quantitative estimate of drug-likeness (QED) is 0.672. The molecule has 1 heterocycles. The standard InChI is InChI=1S/C10H22N2/c1-8(2)12(4)10-5-9(3)6-11-7-10/h8-11H,5-7H2,1-4H3. The smallest absolute Gasteiger partial charge is 0.0223 e. The van der Waals surface area contributed by atoms with Gasteiger partial charge in [-0.15, -0.1) is 0 Å². The molecule has 2 unspecified atom stereocenters. The van der Waals surface area contributed by atoms with E-state index < -0.39 is 0 Å². The fourth-order valence-corrected chi connectivity index (χ4v) is 1.86. The van der Waals surface area contributed by atoms with E-state index in [0.717, 1.165) is 12.0 Å². The van der Waals surface area contributed by atoms with E-state index in [1.807, 2.05) is 0 Å². The van der Waals surface area contributed by atoms with Gasteiger partial charge in [0.1, 0.15) is 0 Å². The molecule has 72 valence electrons. The molecule has 1 saturated heterocycles. The third kappa shape index (κ3) is 2.46. The Morgan fingerprint density at radius 2 is 2.00 bits per heavy atom. The molecule has 1 N–H and O–H groups in total. The third-order valence-corrected chi connectivity index (χ3v) is 2.94. The maximum atomic E-state index is 3.48. The number of nitrogens with one attached hydrogen (secondary N) is 1. The largest absolute Gasteiger partial charge is 0.315 e. The molecule has 0 bridgehead atoms. The summed E-state index contributed by atoms with van der Waals surface area (Å²) >= 11 is 0. The molecular formula is C10H22N2. The van der Waals surface area contributed by atoms with E-state index in [2.05, 4.69) is 38.0 Å². The van der Waals surface area contributed by atoms with Gasteiger partial charge in [-0.3, -0.25) is 4.90 Å². The normalized spacial score (nSPS) is 31.5. The molecule has 0 aliphatic carbocycles. The van der Waals surface area contributed by atoms with Gasteiger partial charge in [0.25, 0.3) is 0 Å². The molecule has 0 radical (unpaired) electrons. The molecule has 12 heavy (non-hydrogen) atoms. The van der Waals surface area contributed by atoms with Crippen LogP contribution in [0.25, 0.3) is 0 Å². The lowest BCUT2D eigenvalue weighted by atomic mass is 9.96. The van der Waals surface area contributed by atoms with Crippen molar-refractivity contribution in [2.75, 3.05) is 20.1 Å². The van der Waals surface area contributed by atoms with E-state index in [1.165, 1.54) is 19.5 Å². The van der Waals surface area contributed by atoms with Gasteiger partial charge in [-0.25, -0.2) is 0 Å². The maximum absolute atomic E-state index is 3.48. The molecule has 0 saturated carbocycles. The Hall–Kier alpha value is -0.0800. The molecule has 0 amide bonds. The van der Waals surface area contributed by atoms with Gasteiger partial charge in [0, 0.05) is 18.6 Å². The van der Waals surface area contributed by atoms with Crippen molar-refractivity contribution in [3.63, 3.8) is 0 Å². The molecule has 2 nitrogen and oxygen atoms in total. The first-order valence-electron chi connectivity index (χ1n) is 5.04. The van der Waals surface area contributed by atoms with Crippen molar-refractivity contribution in [3.8, 4) is 0 Å². The Labute approximate surface area is 76.3 Å². The first kappa shape index (κ1) is 10.0. The van der Waals surface area contributed by atoms with E-state index in [-0.39, 0.29) is 0 Å². The number of rotatable bonds is 2. The topological polar surface area (TPSA) is 15.3 Å². The lowest BCUT2D eigenvalue weighted by Crippen LogP contribution is -2.49. The molecule has 1 fully saturated rings. The summed E-state index contributed by atoms with van der Waals surface area (Å²) in [6.45, 7) is 9.22. The van der Waals surface area contributed by atoms with Crippen molar-refractivity contribution in [2.24, 2.45) is 5.92 Å². The first-order chi connectivity index (χ1) is 5.61. The summed E-state index contributed by atoms with van der Waals surface area (Å²) in [4.78, 5) is 2.47. The van der Waals surface area contributed by atoms with Crippen LogP contribution >= 0.6 is 0 Å². The first-order valence-corrected chi connectivity index (χ1v) is 5.04. The van der Waals surface area contributed by atoms with E-state index >= 15 is 0 Å². The number of hydrogen-bond donors (Lipinski definition) is 1. The Morgan fingerprint density at radius 3 is 2.50 bits per heavy atom. The van der Waals surface area contributed by atoms with Crippen LogP contribution < -0.4 is 5.32 Å². The summed E-state index contributed by atoms with van der Waals surface area (Å²) in [6.07, 6.45) is 1.35. The van der Waals surface area contributed by atoms with Gasteiger partial charge in [0.05, 0.1) is 0 Å². The van der Waals surface area contributed by atoms with Crippen LogP contribution in [0, 0.1) is 5.92 Å². The number of likely N-dealkylation sites (N-methyl/N-ethyl adjacent to an activating group) is 1. The van der Waals surface area contributed by atoms with Crippen LogP contribution in [0.3, 0.4) is 0 Å². The van der Waals surface area contributed by atoms with E-state index in [0.29, 0.717) is 6.04 Å². The van der Waals surface area contributed by atoms with Crippen molar-refractivity contribution in [1.29, 1.82) is 0 Å². The van der Waals surface area contributed by atoms with Gasteiger partial charge in [-0.2, -0.15) is 0 Å². The number of piperidine rings is 1. The summed E-state index contributed by atoms with van der Waals surface area (Å²) in [5, 5.41) is 3.48. The summed E-state index contributed by atoms with van der Waals surface area (Å²) in [5.41, 5.74) is 0. The average Bonchev–Trinajstić information content (AvgIpc) is 2.03. The van der Waals surface area contributed by atoms with E-state index in [1.54, 1.807) is 0 Å². The molecule has 1 aliphatic heterocycles. The molecule has 0 aromatic rings. The summed E-state index contributed by atoms with van der Waals surface area (Å²) < 4.78 is 0. The summed E-state index contributed by atoms with van der Waals surface area (Å²) in [5.74, 6) is 0.838. The molecule has 0 spiro atoms. The van der Waals surface area contributed by atoms with Crippen LogP contribution in [0.5, 0.6) is 0 Å². The van der Waals surface area contributed by atoms with Crippen molar-refractivity contribution >= 4 is 0 Å².